The smallest absolute Gasteiger partial charge is 0.256 e. The zero-order valence-electron chi connectivity index (χ0n) is 14.3. The van der Waals surface area contributed by atoms with E-state index in [2.05, 4.69) is 19.8 Å². The number of H-pyrrole nitrogens is 1. The van der Waals surface area contributed by atoms with Gasteiger partial charge in [-0.2, -0.15) is 0 Å². The third-order valence-electron chi connectivity index (χ3n) is 4.57. The first-order valence-corrected chi connectivity index (χ1v) is 8.87. The fourth-order valence-electron chi connectivity index (χ4n) is 3.13. The standard InChI is InChI=1S/C18H23ClN4O2/c1-13-16(12-14-3-2-4-15(19)11-14)17(25)21-18(20-13)23-7-5-22(6-8-23)9-10-24/h2-4,11,24H,5-10,12H2,1H3,(H,20,21,25). The summed E-state index contributed by atoms with van der Waals surface area (Å²) in [5.41, 5.74) is 2.31. The number of nitrogens with zero attached hydrogens (tertiary/aromatic N) is 3. The molecule has 7 heteroatoms. The van der Waals surface area contributed by atoms with Crippen molar-refractivity contribution in [3.05, 3.63) is 56.5 Å². The van der Waals surface area contributed by atoms with Gasteiger partial charge in [-0.15, -0.1) is 0 Å². The quantitative estimate of drug-likeness (QED) is 0.842. The Balaban J connectivity index is 1.76. The number of aromatic amines is 1. The SMILES string of the molecule is Cc1nc(N2CCN(CCO)CC2)[nH]c(=O)c1Cc1cccc(Cl)c1. The molecule has 0 spiro atoms. The van der Waals surface area contributed by atoms with Gasteiger partial charge in [0.2, 0.25) is 5.95 Å². The monoisotopic (exact) mass is 362 g/mol. The summed E-state index contributed by atoms with van der Waals surface area (Å²) in [6.07, 6.45) is 0.513. The normalized spacial score (nSPS) is 15.6. The van der Waals surface area contributed by atoms with Crippen molar-refractivity contribution < 1.29 is 5.11 Å². The fraction of sp³-hybridized carbons (Fsp3) is 0.444. The van der Waals surface area contributed by atoms with Crippen LogP contribution in [0.5, 0.6) is 0 Å². The average Bonchev–Trinajstić information content (AvgIpc) is 2.59. The summed E-state index contributed by atoms with van der Waals surface area (Å²) in [4.78, 5) is 24.4. The molecule has 1 aliphatic heterocycles. The predicted octanol–water partition coefficient (Wildman–Crippen LogP) is 1.44. The Morgan fingerprint density at radius 1 is 1.28 bits per heavy atom. The highest BCUT2D eigenvalue weighted by Crippen LogP contribution is 2.16. The second-order valence-corrected chi connectivity index (χ2v) is 6.75. The van der Waals surface area contributed by atoms with Crippen molar-refractivity contribution in [1.82, 2.24) is 14.9 Å². The maximum absolute atomic E-state index is 12.6. The van der Waals surface area contributed by atoms with Crippen LogP contribution in [0.3, 0.4) is 0 Å². The van der Waals surface area contributed by atoms with Gasteiger partial charge in [-0.1, -0.05) is 23.7 Å². The number of halogens is 1. The van der Waals surface area contributed by atoms with Crippen LogP contribution in [0.2, 0.25) is 5.02 Å². The van der Waals surface area contributed by atoms with Crippen molar-refractivity contribution in [2.24, 2.45) is 0 Å². The number of benzene rings is 1. The molecule has 1 aromatic heterocycles. The van der Waals surface area contributed by atoms with Crippen LogP contribution in [0.15, 0.2) is 29.1 Å². The van der Waals surface area contributed by atoms with Crippen LogP contribution in [-0.4, -0.2) is 59.3 Å². The van der Waals surface area contributed by atoms with E-state index in [0.29, 0.717) is 29.5 Å². The van der Waals surface area contributed by atoms with E-state index in [1.807, 2.05) is 31.2 Å². The van der Waals surface area contributed by atoms with E-state index in [0.717, 1.165) is 37.4 Å². The van der Waals surface area contributed by atoms with Gasteiger partial charge in [0.25, 0.3) is 5.56 Å². The van der Waals surface area contributed by atoms with E-state index in [-0.39, 0.29) is 12.2 Å². The maximum atomic E-state index is 12.6. The molecule has 1 aliphatic rings. The van der Waals surface area contributed by atoms with Crippen LogP contribution in [0, 0.1) is 6.92 Å². The maximum Gasteiger partial charge on any atom is 0.256 e. The molecule has 0 atom stereocenters. The van der Waals surface area contributed by atoms with E-state index in [1.54, 1.807) is 0 Å². The van der Waals surface area contributed by atoms with Crippen LogP contribution in [0.4, 0.5) is 5.95 Å². The molecule has 3 rings (SSSR count). The molecule has 1 aromatic carbocycles. The molecule has 0 saturated carbocycles. The number of piperazine rings is 1. The molecule has 2 N–H and O–H groups in total. The lowest BCUT2D eigenvalue weighted by Crippen LogP contribution is -2.48. The molecule has 1 fully saturated rings. The van der Waals surface area contributed by atoms with Gasteiger partial charge in [0.1, 0.15) is 0 Å². The van der Waals surface area contributed by atoms with Gasteiger partial charge in [0.15, 0.2) is 0 Å². The zero-order chi connectivity index (χ0) is 17.8. The number of hydrogen-bond donors (Lipinski definition) is 2. The first-order chi connectivity index (χ1) is 12.1. The summed E-state index contributed by atoms with van der Waals surface area (Å²) >= 11 is 6.02. The molecule has 134 valence electrons. The molecule has 0 bridgehead atoms. The van der Waals surface area contributed by atoms with Crippen LogP contribution < -0.4 is 10.5 Å². The third kappa shape index (κ3) is 4.39. The van der Waals surface area contributed by atoms with Gasteiger partial charge in [-0.25, -0.2) is 4.98 Å². The van der Waals surface area contributed by atoms with Gasteiger partial charge >= 0.3 is 0 Å². The molecule has 0 unspecified atom stereocenters. The Morgan fingerprint density at radius 2 is 2.04 bits per heavy atom. The lowest BCUT2D eigenvalue weighted by Gasteiger charge is -2.34. The number of hydrogen-bond acceptors (Lipinski definition) is 5. The Morgan fingerprint density at radius 3 is 2.68 bits per heavy atom. The number of rotatable bonds is 5. The highest BCUT2D eigenvalue weighted by molar-refractivity contribution is 6.30. The lowest BCUT2D eigenvalue weighted by atomic mass is 10.1. The lowest BCUT2D eigenvalue weighted by molar-refractivity contribution is 0.188. The van der Waals surface area contributed by atoms with Crippen molar-refractivity contribution in [1.29, 1.82) is 0 Å². The van der Waals surface area contributed by atoms with Crippen molar-refractivity contribution in [2.75, 3.05) is 44.2 Å². The molecule has 6 nitrogen and oxygen atoms in total. The summed E-state index contributed by atoms with van der Waals surface area (Å²) in [6, 6.07) is 7.53. The van der Waals surface area contributed by atoms with Crippen molar-refractivity contribution >= 4 is 17.5 Å². The van der Waals surface area contributed by atoms with Crippen LogP contribution in [0.1, 0.15) is 16.8 Å². The predicted molar refractivity (Wildman–Crippen MR) is 99.6 cm³/mol. The number of aryl methyl sites for hydroxylation is 1. The minimum absolute atomic E-state index is 0.0970. The van der Waals surface area contributed by atoms with Gasteiger partial charge < -0.3 is 10.0 Å². The highest BCUT2D eigenvalue weighted by Gasteiger charge is 2.19. The van der Waals surface area contributed by atoms with Crippen LogP contribution in [0.25, 0.3) is 0 Å². The van der Waals surface area contributed by atoms with Crippen LogP contribution >= 0.6 is 11.6 Å². The van der Waals surface area contributed by atoms with Crippen molar-refractivity contribution in [2.45, 2.75) is 13.3 Å². The first kappa shape index (κ1) is 17.9. The number of aromatic nitrogens is 2. The minimum Gasteiger partial charge on any atom is -0.395 e. The molecule has 2 aromatic rings. The van der Waals surface area contributed by atoms with Crippen molar-refractivity contribution in [3.8, 4) is 0 Å². The van der Waals surface area contributed by atoms with Gasteiger partial charge in [0, 0.05) is 49.7 Å². The van der Waals surface area contributed by atoms with Gasteiger partial charge in [-0.05, 0) is 24.6 Å². The van der Waals surface area contributed by atoms with E-state index >= 15 is 0 Å². The number of anilines is 1. The molecular weight excluding hydrogens is 340 g/mol. The molecule has 0 amide bonds. The molecule has 2 heterocycles. The molecular formula is C18H23ClN4O2. The summed E-state index contributed by atoms with van der Waals surface area (Å²) < 4.78 is 0. The number of nitrogens with one attached hydrogen (secondary N) is 1. The second-order valence-electron chi connectivity index (χ2n) is 6.31. The molecule has 0 radical (unpaired) electrons. The second kappa shape index (κ2) is 7.99. The average molecular weight is 363 g/mol. The Bertz CT molecular complexity index is 785. The van der Waals surface area contributed by atoms with Gasteiger partial charge in [0.05, 0.1) is 12.3 Å². The largest absolute Gasteiger partial charge is 0.395 e. The fourth-order valence-corrected chi connectivity index (χ4v) is 3.34. The number of aliphatic hydroxyl groups excluding tert-OH is 1. The summed E-state index contributed by atoms with van der Waals surface area (Å²) in [5.74, 6) is 0.626. The zero-order valence-corrected chi connectivity index (χ0v) is 15.1. The van der Waals surface area contributed by atoms with E-state index < -0.39 is 0 Å². The first-order valence-electron chi connectivity index (χ1n) is 8.49. The Kier molecular flexibility index (Phi) is 5.73. The third-order valence-corrected chi connectivity index (χ3v) is 4.80. The Hall–Kier alpha value is -1.89. The number of β-amino-alcohol motifs (C(OH)–C–C–N with tert-alkyl or cyclic N) is 1. The molecule has 1 saturated heterocycles. The van der Waals surface area contributed by atoms with Crippen molar-refractivity contribution in [3.63, 3.8) is 0 Å². The summed E-state index contributed by atoms with van der Waals surface area (Å²) in [7, 11) is 0. The van der Waals surface area contributed by atoms with E-state index in [9.17, 15) is 4.79 Å². The summed E-state index contributed by atoms with van der Waals surface area (Å²) in [5, 5.41) is 9.68. The molecule has 0 aliphatic carbocycles. The summed E-state index contributed by atoms with van der Waals surface area (Å²) in [6.45, 7) is 6.02. The topological polar surface area (TPSA) is 72.5 Å². The van der Waals surface area contributed by atoms with Crippen LogP contribution in [-0.2, 0) is 6.42 Å². The van der Waals surface area contributed by atoms with E-state index in [1.165, 1.54) is 0 Å². The van der Waals surface area contributed by atoms with Gasteiger partial charge in [-0.3, -0.25) is 14.7 Å². The Labute approximate surface area is 152 Å². The highest BCUT2D eigenvalue weighted by atomic mass is 35.5. The minimum atomic E-state index is -0.0970. The molecule has 25 heavy (non-hydrogen) atoms. The number of aliphatic hydroxyl groups is 1. The van der Waals surface area contributed by atoms with E-state index in [4.69, 9.17) is 16.7 Å².